The van der Waals surface area contributed by atoms with Crippen molar-refractivity contribution < 1.29 is 18.7 Å². The van der Waals surface area contributed by atoms with Gasteiger partial charge in [0.15, 0.2) is 6.10 Å². The lowest BCUT2D eigenvalue weighted by Crippen LogP contribution is -2.55. The molecule has 7 nitrogen and oxygen atoms in total. The van der Waals surface area contributed by atoms with Gasteiger partial charge in [-0.2, -0.15) is 0 Å². The zero-order valence-corrected chi connectivity index (χ0v) is 19.4. The van der Waals surface area contributed by atoms with Crippen LogP contribution in [0.4, 0.5) is 15.8 Å². The van der Waals surface area contributed by atoms with E-state index in [-0.39, 0.29) is 24.2 Å². The Bertz CT molecular complexity index is 1030. The highest BCUT2D eigenvalue weighted by atomic mass is 19.1. The number of carbonyl (C=O) groups is 2. The zero-order chi connectivity index (χ0) is 23.5. The summed E-state index contributed by atoms with van der Waals surface area (Å²) in [6.45, 7) is 4.32. The van der Waals surface area contributed by atoms with E-state index in [9.17, 15) is 14.0 Å². The monoisotopic (exact) mass is 466 g/mol. The average molecular weight is 467 g/mol. The molecule has 34 heavy (non-hydrogen) atoms. The average Bonchev–Trinajstić information content (AvgIpc) is 2.89. The summed E-state index contributed by atoms with van der Waals surface area (Å²) in [4.78, 5) is 34.0. The first-order chi connectivity index (χ1) is 16.6. The fraction of sp³-hybridized carbons (Fsp3) is 0.462. The molecule has 0 bridgehead atoms. The minimum absolute atomic E-state index is 0.00477. The Hall–Kier alpha value is -3.29. The standard InChI is InChI=1S/C26H31FN4O3/c27-20-8-2-3-9-21(20)28-14-16-29(17-15-28)25(32)19-31-18-24(26(33)30-12-6-1-7-13-30)34-23-11-5-4-10-22(23)31/h2-5,8-11,24H,1,6-7,12-19H2/t24-/m1/s1. The van der Waals surface area contributed by atoms with E-state index < -0.39 is 6.10 Å². The molecule has 5 rings (SSSR count). The molecule has 2 aromatic rings. The van der Waals surface area contributed by atoms with Gasteiger partial charge in [-0.25, -0.2) is 4.39 Å². The second-order valence-electron chi connectivity index (χ2n) is 9.16. The van der Waals surface area contributed by atoms with Crippen LogP contribution in [0.1, 0.15) is 19.3 Å². The van der Waals surface area contributed by atoms with E-state index in [1.165, 1.54) is 6.07 Å². The summed E-state index contributed by atoms with van der Waals surface area (Å²) in [5.41, 5.74) is 1.42. The maximum absolute atomic E-state index is 14.1. The van der Waals surface area contributed by atoms with Crippen LogP contribution in [0.25, 0.3) is 0 Å². The van der Waals surface area contributed by atoms with Gasteiger partial charge in [0.1, 0.15) is 11.6 Å². The molecule has 0 spiro atoms. The highest BCUT2D eigenvalue weighted by Crippen LogP contribution is 2.33. The van der Waals surface area contributed by atoms with Crippen LogP contribution in [-0.4, -0.2) is 80.1 Å². The van der Waals surface area contributed by atoms with E-state index in [2.05, 4.69) is 0 Å². The van der Waals surface area contributed by atoms with Gasteiger partial charge in [-0.05, 0) is 43.5 Å². The molecular formula is C26H31FN4O3. The van der Waals surface area contributed by atoms with E-state index >= 15 is 0 Å². The van der Waals surface area contributed by atoms with Crippen molar-refractivity contribution in [3.05, 3.63) is 54.3 Å². The Labute approximate surface area is 199 Å². The first kappa shape index (κ1) is 22.5. The number of ether oxygens (including phenoxy) is 1. The molecule has 1 atom stereocenters. The quantitative estimate of drug-likeness (QED) is 0.694. The highest BCUT2D eigenvalue weighted by Gasteiger charge is 2.35. The molecule has 0 aliphatic carbocycles. The number of rotatable bonds is 4. The number of para-hydroxylation sites is 3. The zero-order valence-electron chi connectivity index (χ0n) is 19.4. The number of carbonyl (C=O) groups excluding carboxylic acids is 2. The van der Waals surface area contributed by atoms with E-state index in [4.69, 9.17) is 4.74 Å². The summed E-state index contributed by atoms with van der Waals surface area (Å²) in [5.74, 6) is 0.414. The normalized spacial score (nSPS) is 20.6. The summed E-state index contributed by atoms with van der Waals surface area (Å²) < 4.78 is 20.2. The van der Waals surface area contributed by atoms with Crippen LogP contribution in [0.15, 0.2) is 48.5 Å². The molecule has 0 N–H and O–H groups in total. The highest BCUT2D eigenvalue weighted by molar-refractivity contribution is 5.86. The van der Waals surface area contributed by atoms with E-state index in [0.29, 0.717) is 44.2 Å². The number of piperazine rings is 1. The third kappa shape index (κ3) is 4.67. The molecule has 2 aromatic carbocycles. The van der Waals surface area contributed by atoms with Gasteiger partial charge in [-0.15, -0.1) is 0 Å². The van der Waals surface area contributed by atoms with Crippen LogP contribution in [0, 0.1) is 5.82 Å². The molecule has 3 aliphatic heterocycles. The van der Waals surface area contributed by atoms with E-state index in [1.54, 1.807) is 12.1 Å². The van der Waals surface area contributed by atoms with Crippen LogP contribution < -0.4 is 14.5 Å². The second kappa shape index (κ2) is 9.91. The third-order valence-corrected chi connectivity index (χ3v) is 6.96. The van der Waals surface area contributed by atoms with E-state index in [1.807, 2.05) is 49.9 Å². The first-order valence-electron chi connectivity index (χ1n) is 12.2. The summed E-state index contributed by atoms with van der Waals surface area (Å²) in [5, 5.41) is 0. The number of likely N-dealkylation sites (tertiary alicyclic amines) is 1. The van der Waals surface area contributed by atoms with Gasteiger partial charge in [0.2, 0.25) is 5.91 Å². The smallest absolute Gasteiger partial charge is 0.265 e. The molecule has 2 amide bonds. The van der Waals surface area contributed by atoms with Crippen LogP contribution in [0.5, 0.6) is 5.75 Å². The second-order valence-corrected chi connectivity index (χ2v) is 9.16. The Morgan fingerprint density at radius 2 is 1.50 bits per heavy atom. The number of benzene rings is 2. The summed E-state index contributed by atoms with van der Waals surface area (Å²) in [6.07, 6.45) is 2.59. The van der Waals surface area contributed by atoms with Crippen LogP contribution in [0.3, 0.4) is 0 Å². The largest absolute Gasteiger partial charge is 0.477 e. The van der Waals surface area contributed by atoms with Crippen molar-refractivity contribution in [3.63, 3.8) is 0 Å². The fourth-order valence-electron chi connectivity index (χ4n) is 5.07. The van der Waals surface area contributed by atoms with Gasteiger partial charge >= 0.3 is 0 Å². The van der Waals surface area contributed by atoms with Crippen LogP contribution >= 0.6 is 0 Å². The number of hydrogen-bond acceptors (Lipinski definition) is 5. The number of hydrogen-bond donors (Lipinski definition) is 0. The predicted molar refractivity (Wildman–Crippen MR) is 129 cm³/mol. The Morgan fingerprint density at radius 1 is 0.824 bits per heavy atom. The molecule has 3 aliphatic rings. The topological polar surface area (TPSA) is 56.3 Å². The fourth-order valence-corrected chi connectivity index (χ4v) is 5.07. The molecule has 2 saturated heterocycles. The number of halogens is 1. The van der Waals surface area contributed by atoms with Gasteiger partial charge in [0, 0.05) is 39.3 Å². The SMILES string of the molecule is O=C(CN1C[C@H](C(=O)N2CCCCC2)Oc2ccccc21)N1CCN(c2ccccc2F)CC1. The van der Waals surface area contributed by atoms with Crippen molar-refractivity contribution in [1.29, 1.82) is 0 Å². The summed E-state index contributed by atoms with van der Waals surface area (Å²) in [7, 11) is 0. The van der Waals surface area contributed by atoms with Crippen molar-refractivity contribution in [2.24, 2.45) is 0 Å². The van der Waals surface area contributed by atoms with Crippen molar-refractivity contribution in [3.8, 4) is 5.75 Å². The van der Waals surface area contributed by atoms with Gasteiger partial charge < -0.3 is 24.3 Å². The molecule has 180 valence electrons. The van der Waals surface area contributed by atoms with Crippen LogP contribution in [0.2, 0.25) is 0 Å². The van der Waals surface area contributed by atoms with Gasteiger partial charge in [0.05, 0.1) is 24.5 Å². The Kier molecular flexibility index (Phi) is 6.56. The first-order valence-corrected chi connectivity index (χ1v) is 12.2. The molecular weight excluding hydrogens is 435 g/mol. The number of nitrogens with zero attached hydrogens (tertiary/aromatic N) is 4. The maximum atomic E-state index is 14.1. The van der Waals surface area contributed by atoms with Crippen molar-refractivity contribution in [1.82, 2.24) is 9.80 Å². The summed E-state index contributed by atoms with van der Waals surface area (Å²) >= 11 is 0. The lowest BCUT2D eigenvalue weighted by molar-refractivity contribution is -0.140. The van der Waals surface area contributed by atoms with Crippen molar-refractivity contribution in [2.45, 2.75) is 25.4 Å². The minimum Gasteiger partial charge on any atom is -0.477 e. The molecule has 3 heterocycles. The summed E-state index contributed by atoms with van der Waals surface area (Å²) in [6, 6.07) is 14.3. The lowest BCUT2D eigenvalue weighted by atomic mass is 10.1. The number of amides is 2. The molecule has 0 radical (unpaired) electrons. The molecule has 0 aromatic heterocycles. The van der Waals surface area contributed by atoms with Crippen LogP contribution in [-0.2, 0) is 9.59 Å². The predicted octanol–water partition coefficient (Wildman–Crippen LogP) is 2.75. The van der Waals surface area contributed by atoms with Gasteiger partial charge in [-0.1, -0.05) is 24.3 Å². The van der Waals surface area contributed by atoms with Gasteiger partial charge in [0.25, 0.3) is 5.91 Å². The maximum Gasteiger partial charge on any atom is 0.265 e. The van der Waals surface area contributed by atoms with Crippen molar-refractivity contribution >= 4 is 23.2 Å². The number of anilines is 2. The third-order valence-electron chi connectivity index (χ3n) is 6.96. The van der Waals surface area contributed by atoms with Gasteiger partial charge in [-0.3, -0.25) is 9.59 Å². The molecule has 2 fully saturated rings. The Balaban J connectivity index is 1.24. The number of fused-ring (bicyclic) bond motifs is 1. The van der Waals surface area contributed by atoms with E-state index in [0.717, 1.165) is 38.0 Å². The molecule has 0 unspecified atom stereocenters. The van der Waals surface area contributed by atoms with Crippen molar-refractivity contribution in [2.75, 3.05) is 62.2 Å². The lowest BCUT2D eigenvalue weighted by Gasteiger charge is -2.40. The molecule has 8 heteroatoms. The number of piperidine rings is 1. The molecule has 0 saturated carbocycles. The Morgan fingerprint density at radius 3 is 2.24 bits per heavy atom. The minimum atomic E-state index is -0.612.